The van der Waals surface area contributed by atoms with Gasteiger partial charge in [0.25, 0.3) is 0 Å². The van der Waals surface area contributed by atoms with Gasteiger partial charge in [-0.25, -0.2) is 17.8 Å². The third-order valence-corrected chi connectivity index (χ3v) is 5.52. The lowest BCUT2D eigenvalue weighted by Crippen LogP contribution is -2.26. The number of hydrogen-bond donors (Lipinski definition) is 0. The fourth-order valence-corrected chi connectivity index (χ4v) is 4.06. The van der Waals surface area contributed by atoms with E-state index in [4.69, 9.17) is 4.74 Å². The molecular weight excluding hydrogens is 383 g/mol. The third kappa shape index (κ3) is 3.29. The number of benzene rings is 2. The van der Waals surface area contributed by atoms with E-state index in [9.17, 15) is 12.8 Å². The topological polar surface area (TPSA) is 84.8 Å². The first-order valence-electron chi connectivity index (χ1n) is 8.49. The smallest absolute Gasteiger partial charge is 0.247 e. The number of halogens is 1. The Kier molecular flexibility index (Phi) is 4.46. The maximum atomic E-state index is 14.5. The molecule has 0 spiro atoms. The second-order valence-electron chi connectivity index (χ2n) is 6.43. The van der Waals surface area contributed by atoms with E-state index < -0.39 is 21.9 Å². The molecule has 28 heavy (non-hydrogen) atoms. The van der Waals surface area contributed by atoms with E-state index in [-0.39, 0.29) is 12.0 Å². The van der Waals surface area contributed by atoms with Crippen molar-refractivity contribution < 1.29 is 17.5 Å². The second-order valence-corrected chi connectivity index (χ2v) is 8.27. The molecule has 0 amide bonds. The third-order valence-electron chi connectivity index (χ3n) is 4.51. The predicted octanol–water partition coefficient (Wildman–Crippen LogP) is 2.89. The molecule has 0 N–H and O–H groups in total. The molecule has 1 aromatic heterocycles. The van der Waals surface area contributed by atoms with Crippen LogP contribution in [0.25, 0.3) is 11.0 Å². The maximum absolute atomic E-state index is 14.5. The van der Waals surface area contributed by atoms with Gasteiger partial charge in [0.2, 0.25) is 10.0 Å². The van der Waals surface area contributed by atoms with Crippen LogP contribution in [0.15, 0.2) is 53.8 Å². The molecule has 0 radical (unpaired) electrons. The van der Waals surface area contributed by atoms with Crippen molar-refractivity contribution in [1.29, 1.82) is 0 Å². The molecule has 0 unspecified atom stereocenters. The number of aromatic nitrogens is 2. The predicted molar refractivity (Wildman–Crippen MR) is 103 cm³/mol. The molecule has 7 nitrogen and oxygen atoms in total. The normalized spacial score (nSPS) is 17.0. The van der Waals surface area contributed by atoms with Gasteiger partial charge in [0.1, 0.15) is 17.6 Å². The van der Waals surface area contributed by atoms with E-state index in [1.54, 1.807) is 12.1 Å². The number of hydrazone groups is 1. The summed E-state index contributed by atoms with van der Waals surface area (Å²) < 4.78 is 45.1. The number of ether oxygens (including phenoxy) is 1. The van der Waals surface area contributed by atoms with Crippen molar-refractivity contribution >= 4 is 26.8 Å². The number of sulfonamides is 1. The van der Waals surface area contributed by atoms with Crippen LogP contribution in [0.2, 0.25) is 0 Å². The van der Waals surface area contributed by atoms with E-state index >= 15 is 0 Å². The maximum Gasteiger partial charge on any atom is 0.247 e. The highest BCUT2D eigenvalue weighted by Gasteiger charge is 2.36. The molecule has 1 atom stereocenters. The summed E-state index contributed by atoms with van der Waals surface area (Å²) in [5.74, 6) is -0.159. The van der Waals surface area contributed by atoms with Gasteiger partial charge in [-0.15, -0.1) is 0 Å². The molecule has 3 aromatic rings. The highest BCUT2D eigenvalue weighted by molar-refractivity contribution is 7.88. The zero-order valence-corrected chi connectivity index (χ0v) is 16.0. The molecule has 2 aromatic carbocycles. The van der Waals surface area contributed by atoms with Crippen LogP contribution in [-0.2, 0) is 10.0 Å². The van der Waals surface area contributed by atoms with Crippen molar-refractivity contribution in [2.24, 2.45) is 5.10 Å². The number of rotatable bonds is 4. The molecular formula is C19H17FN4O3S. The summed E-state index contributed by atoms with van der Waals surface area (Å²) in [5.41, 5.74) is 2.36. The van der Waals surface area contributed by atoms with Gasteiger partial charge in [0.05, 0.1) is 42.0 Å². The zero-order valence-electron chi connectivity index (χ0n) is 15.2. The van der Waals surface area contributed by atoms with E-state index in [0.717, 1.165) is 10.7 Å². The van der Waals surface area contributed by atoms with Crippen molar-refractivity contribution in [3.05, 3.63) is 65.7 Å². The van der Waals surface area contributed by atoms with E-state index in [2.05, 4.69) is 15.1 Å². The summed E-state index contributed by atoms with van der Waals surface area (Å²) in [4.78, 5) is 8.90. The Bertz CT molecular complexity index is 1200. The van der Waals surface area contributed by atoms with Gasteiger partial charge < -0.3 is 4.74 Å². The minimum atomic E-state index is -3.69. The lowest BCUT2D eigenvalue weighted by molar-refractivity contribution is 0.368. The highest BCUT2D eigenvalue weighted by Crippen LogP contribution is 2.34. The largest absolute Gasteiger partial charge is 0.497 e. The van der Waals surface area contributed by atoms with Crippen LogP contribution in [0, 0.1) is 5.82 Å². The van der Waals surface area contributed by atoms with Crippen LogP contribution in [-0.4, -0.2) is 41.9 Å². The quantitative estimate of drug-likeness (QED) is 0.672. The lowest BCUT2D eigenvalue weighted by Gasteiger charge is -2.20. The average molecular weight is 400 g/mol. The fraction of sp³-hybridized carbons (Fsp3) is 0.211. The minimum absolute atomic E-state index is 0.184. The molecule has 0 aliphatic carbocycles. The first kappa shape index (κ1) is 18.3. The Morgan fingerprint density at radius 1 is 1.18 bits per heavy atom. The van der Waals surface area contributed by atoms with Gasteiger partial charge in [0, 0.05) is 18.1 Å². The molecule has 0 fully saturated rings. The van der Waals surface area contributed by atoms with Crippen LogP contribution in [0.3, 0.4) is 0 Å². The van der Waals surface area contributed by atoms with Crippen LogP contribution < -0.4 is 4.74 Å². The Balaban J connectivity index is 1.76. The Morgan fingerprint density at radius 2 is 1.93 bits per heavy atom. The molecule has 144 valence electrons. The van der Waals surface area contributed by atoms with Crippen molar-refractivity contribution in [3.63, 3.8) is 0 Å². The van der Waals surface area contributed by atoms with Crippen molar-refractivity contribution in [3.8, 4) is 5.75 Å². The molecule has 1 aliphatic rings. The Hall–Kier alpha value is -3.07. The van der Waals surface area contributed by atoms with Gasteiger partial charge in [-0.2, -0.15) is 9.52 Å². The molecule has 9 heteroatoms. The average Bonchev–Trinajstić information content (AvgIpc) is 3.13. The van der Waals surface area contributed by atoms with Crippen LogP contribution in [0.1, 0.15) is 23.7 Å². The molecule has 0 saturated heterocycles. The molecule has 2 heterocycles. The summed E-state index contributed by atoms with van der Waals surface area (Å²) in [6.45, 7) is 0. The van der Waals surface area contributed by atoms with E-state index in [0.29, 0.717) is 28.2 Å². The Morgan fingerprint density at radius 3 is 2.61 bits per heavy atom. The zero-order chi connectivity index (χ0) is 19.9. The summed E-state index contributed by atoms with van der Waals surface area (Å²) in [6.07, 6.45) is 2.78. The lowest BCUT2D eigenvalue weighted by atomic mass is 10.0. The molecule has 1 aliphatic heterocycles. The minimum Gasteiger partial charge on any atom is -0.497 e. The van der Waals surface area contributed by atoms with Crippen molar-refractivity contribution in [2.75, 3.05) is 13.4 Å². The number of methoxy groups -OCH3 is 1. The number of hydrogen-bond acceptors (Lipinski definition) is 6. The van der Waals surface area contributed by atoms with E-state index in [1.165, 1.54) is 25.4 Å². The Labute approximate surface area is 161 Å². The van der Waals surface area contributed by atoms with Crippen LogP contribution in [0.4, 0.5) is 4.39 Å². The SMILES string of the molecule is COc1ccc(C2=NN(S(C)(=O)=O)[C@@H](c3cnc4ccccc4n3)C2)c(F)c1. The van der Waals surface area contributed by atoms with Gasteiger partial charge in [0.15, 0.2) is 0 Å². The van der Waals surface area contributed by atoms with Gasteiger partial charge in [-0.05, 0) is 24.3 Å². The number of para-hydroxylation sites is 2. The summed E-state index contributed by atoms with van der Waals surface area (Å²) in [7, 11) is -2.24. The van der Waals surface area contributed by atoms with Crippen molar-refractivity contribution in [2.45, 2.75) is 12.5 Å². The summed E-state index contributed by atoms with van der Waals surface area (Å²) >= 11 is 0. The van der Waals surface area contributed by atoms with Crippen molar-refractivity contribution in [1.82, 2.24) is 14.4 Å². The first-order valence-corrected chi connectivity index (χ1v) is 10.3. The summed E-state index contributed by atoms with van der Waals surface area (Å²) in [5, 5.41) is 4.20. The summed E-state index contributed by atoms with van der Waals surface area (Å²) in [6, 6.07) is 11.0. The first-order chi connectivity index (χ1) is 13.4. The number of nitrogens with zero attached hydrogens (tertiary/aromatic N) is 4. The second kappa shape index (κ2) is 6.83. The van der Waals surface area contributed by atoms with Crippen LogP contribution in [0.5, 0.6) is 5.75 Å². The van der Waals surface area contributed by atoms with Gasteiger partial charge in [-0.3, -0.25) is 4.98 Å². The van der Waals surface area contributed by atoms with E-state index in [1.807, 2.05) is 18.2 Å². The number of fused-ring (bicyclic) bond motifs is 1. The standard InChI is InChI=1S/C19H17FN4O3S/c1-27-12-7-8-13(14(20)9-12)17-10-19(24(23-17)28(2,25)26)18-11-21-15-5-3-4-6-16(15)22-18/h3-9,11,19H,10H2,1-2H3/t19-/m1/s1. The highest BCUT2D eigenvalue weighted by atomic mass is 32.2. The molecule has 0 saturated carbocycles. The molecule has 0 bridgehead atoms. The van der Waals surface area contributed by atoms with Crippen LogP contribution >= 0.6 is 0 Å². The van der Waals surface area contributed by atoms with Gasteiger partial charge in [-0.1, -0.05) is 12.1 Å². The fourth-order valence-electron chi connectivity index (χ4n) is 3.17. The monoisotopic (exact) mass is 400 g/mol. The van der Waals surface area contributed by atoms with Gasteiger partial charge >= 0.3 is 0 Å². The molecule has 4 rings (SSSR count).